The molecule has 1 amide bonds. The van der Waals surface area contributed by atoms with Gasteiger partial charge in [-0.2, -0.15) is 0 Å². The smallest absolute Gasteiger partial charge is 0.222 e. The minimum absolute atomic E-state index is 0.253. The molecular weight excluding hydrogens is 238 g/mol. The van der Waals surface area contributed by atoms with Crippen molar-refractivity contribution >= 4 is 5.91 Å². The van der Waals surface area contributed by atoms with Crippen LogP contribution in [0.5, 0.6) is 0 Å². The van der Waals surface area contributed by atoms with Gasteiger partial charge in [0.1, 0.15) is 0 Å². The van der Waals surface area contributed by atoms with E-state index in [-0.39, 0.29) is 5.91 Å². The highest BCUT2D eigenvalue weighted by atomic mass is 16.2. The highest BCUT2D eigenvalue weighted by Crippen LogP contribution is 2.14. The first-order valence-electron chi connectivity index (χ1n) is 7.10. The number of rotatable bonds is 6. The van der Waals surface area contributed by atoms with E-state index in [0.717, 1.165) is 38.2 Å². The summed E-state index contributed by atoms with van der Waals surface area (Å²) in [5, 5.41) is 3.34. The summed E-state index contributed by atoms with van der Waals surface area (Å²) in [7, 11) is 1.89. The van der Waals surface area contributed by atoms with E-state index in [2.05, 4.69) is 10.3 Å². The molecule has 0 aromatic carbocycles. The largest absolute Gasteiger partial charge is 0.345 e. The molecule has 4 heteroatoms. The molecule has 1 aliphatic rings. The van der Waals surface area contributed by atoms with E-state index in [0.29, 0.717) is 12.3 Å². The lowest BCUT2D eigenvalue weighted by atomic mass is 10.0. The van der Waals surface area contributed by atoms with Crippen LogP contribution in [0.15, 0.2) is 24.4 Å². The van der Waals surface area contributed by atoms with Gasteiger partial charge in [0.2, 0.25) is 5.91 Å². The van der Waals surface area contributed by atoms with Gasteiger partial charge in [-0.15, -0.1) is 0 Å². The molecule has 1 fully saturated rings. The molecule has 1 N–H and O–H groups in total. The first kappa shape index (κ1) is 14.0. The lowest BCUT2D eigenvalue weighted by Crippen LogP contribution is -2.29. The molecule has 1 saturated heterocycles. The molecule has 1 atom stereocenters. The topological polar surface area (TPSA) is 45.2 Å². The minimum Gasteiger partial charge on any atom is -0.345 e. The van der Waals surface area contributed by atoms with Crippen LogP contribution in [0.1, 0.15) is 25.0 Å². The average Bonchev–Trinajstić information content (AvgIpc) is 2.96. The molecular formula is C15H23N3O. The van der Waals surface area contributed by atoms with Crippen molar-refractivity contribution in [1.29, 1.82) is 0 Å². The van der Waals surface area contributed by atoms with Crippen LogP contribution in [0, 0.1) is 5.92 Å². The third-order valence-corrected chi connectivity index (χ3v) is 3.78. The lowest BCUT2D eigenvalue weighted by molar-refractivity contribution is -0.130. The second kappa shape index (κ2) is 7.24. The molecule has 0 radical (unpaired) electrons. The third-order valence-electron chi connectivity index (χ3n) is 3.78. The van der Waals surface area contributed by atoms with E-state index in [1.54, 1.807) is 6.20 Å². The highest BCUT2D eigenvalue weighted by molar-refractivity contribution is 5.75. The first-order valence-corrected chi connectivity index (χ1v) is 7.10. The van der Waals surface area contributed by atoms with Crippen molar-refractivity contribution in [2.24, 2.45) is 5.92 Å². The van der Waals surface area contributed by atoms with Crippen molar-refractivity contribution in [3.05, 3.63) is 30.1 Å². The van der Waals surface area contributed by atoms with Crippen LogP contribution in [-0.4, -0.2) is 42.5 Å². The van der Waals surface area contributed by atoms with Gasteiger partial charge < -0.3 is 10.2 Å². The highest BCUT2D eigenvalue weighted by Gasteiger charge is 2.17. The van der Waals surface area contributed by atoms with Gasteiger partial charge in [0.15, 0.2) is 0 Å². The van der Waals surface area contributed by atoms with Crippen molar-refractivity contribution in [2.45, 2.75) is 25.7 Å². The van der Waals surface area contributed by atoms with Crippen molar-refractivity contribution < 1.29 is 4.79 Å². The van der Waals surface area contributed by atoms with Crippen LogP contribution < -0.4 is 5.32 Å². The Labute approximate surface area is 115 Å². The molecule has 0 bridgehead atoms. The number of hydrogen-bond acceptors (Lipinski definition) is 3. The molecule has 1 aliphatic heterocycles. The van der Waals surface area contributed by atoms with Crippen LogP contribution in [0.3, 0.4) is 0 Å². The van der Waals surface area contributed by atoms with E-state index in [9.17, 15) is 4.79 Å². The molecule has 0 saturated carbocycles. The van der Waals surface area contributed by atoms with Crippen LogP contribution >= 0.6 is 0 Å². The summed E-state index contributed by atoms with van der Waals surface area (Å²) in [5.74, 6) is 0.941. The zero-order valence-electron chi connectivity index (χ0n) is 11.6. The standard InChI is InChI=1S/C15H23N3O/c1-18(11-8-14-4-2-3-9-17-14)15(19)6-5-13-7-10-16-12-13/h2-4,9,13,16H,5-8,10-12H2,1H3. The van der Waals surface area contributed by atoms with Gasteiger partial charge in [-0.3, -0.25) is 9.78 Å². The summed E-state index contributed by atoms with van der Waals surface area (Å²) in [5.41, 5.74) is 1.04. The normalized spacial score (nSPS) is 18.5. The maximum Gasteiger partial charge on any atom is 0.222 e. The van der Waals surface area contributed by atoms with E-state index in [4.69, 9.17) is 0 Å². The van der Waals surface area contributed by atoms with Crippen molar-refractivity contribution in [2.75, 3.05) is 26.7 Å². The maximum absolute atomic E-state index is 12.0. The van der Waals surface area contributed by atoms with Gasteiger partial charge in [-0.25, -0.2) is 0 Å². The number of pyridine rings is 1. The number of carbonyl (C=O) groups is 1. The van der Waals surface area contributed by atoms with Crippen LogP contribution in [0.25, 0.3) is 0 Å². The monoisotopic (exact) mass is 261 g/mol. The second-order valence-corrected chi connectivity index (χ2v) is 5.28. The zero-order chi connectivity index (χ0) is 13.5. The lowest BCUT2D eigenvalue weighted by Gasteiger charge is -2.18. The Balaban J connectivity index is 1.67. The Morgan fingerprint density at radius 1 is 1.53 bits per heavy atom. The molecule has 19 heavy (non-hydrogen) atoms. The van der Waals surface area contributed by atoms with Gasteiger partial charge in [-0.05, 0) is 44.0 Å². The SMILES string of the molecule is CN(CCc1ccccn1)C(=O)CCC1CCNC1. The van der Waals surface area contributed by atoms with Crippen molar-refractivity contribution in [1.82, 2.24) is 15.2 Å². The van der Waals surface area contributed by atoms with Gasteiger partial charge in [0.05, 0.1) is 0 Å². The first-order chi connectivity index (χ1) is 9.25. The van der Waals surface area contributed by atoms with E-state index in [1.165, 1.54) is 6.42 Å². The minimum atomic E-state index is 0.253. The maximum atomic E-state index is 12.0. The molecule has 4 nitrogen and oxygen atoms in total. The van der Waals surface area contributed by atoms with Crippen molar-refractivity contribution in [3.63, 3.8) is 0 Å². The van der Waals surface area contributed by atoms with Crippen LogP contribution in [-0.2, 0) is 11.2 Å². The predicted octanol–water partition coefficient (Wildman–Crippen LogP) is 1.47. The van der Waals surface area contributed by atoms with E-state index >= 15 is 0 Å². The second-order valence-electron chi connectivity index (χ2n) is 5.28. The fourth-order valence-corrected chi connectivity index (χ4v) is 2.43. The molecule has 1 aromatic rings. The van der Waals surface area contributed by atoms with E-state index < -0.39 is 0 Å². The predicted molar refractivity (Wildman–Crippen MR) is 75.8 cm³/mol. The molecule has 1 aromatic heterocycles. The van der Waals surface area contributed by atoms with Gasteiger partial charge in [0, 0.05) is 38.3 Å². The van der Waals surface area contributed by atoms with Gasteiger partial charge >= 0.3 is 0 Å². The quantitative estimate of drug-likeness (QED) is 0.843. The number of carbonyl (C=O) groups excluding carboxylic acids is 1. The summed E-state index contributed by atoms with van der Waals surface area (Å²) in [6, 6.07) is 5.90. The average molecular weight is 261 g/mol. The molecule has 1 unspecified atom stereocenters. The summed E-state index contributed by atoms with van der Waals surface area (Å²) in [6.45, 7) is 2.93. The summed E-state index contributed by atoms with van der Waals surface area (Å²) in [6.07, 6.45) is 5.52. The number of likely N-dealkylation sites (N-methyl/N-ethyl adjacent to an activating group) is 1. The fourth-order valence-electron chi connectivity index (χ4n) is 2.43. The Morgan fingerprint density at radius 3 is 3.11 bits per heavy atom. The number of nitrogens with zero attached hydrogens (tertiary/aromatic N) is 2. The number of aromatic nitrogens is 1. The number of amides is 1. The molecule has 0 aliphatic carbocycles. The molecule has 104 valence electrons. The Morgan fingerprint density at radius 2 is 2.42 bits per heavy atom. The molecule has 0 spiro atoms. The number of nitrogens with one attached hydrogen (secondary N) is 1. The fraction of sp³-hybridized carbons (Fsp3) is 0.600. The van der Waals surface area contributed by atoms with Gasteiger partial charge in [-0.1, -0.05) is 6.07 Å². The van der Waals surface area contributed by atoms with Crippen molar-refractivity contribution in [3.8, 4) is 0 Å². The van der Waals surface area contributed by atoms with Gasteiger partial charge in [0.25, 0.3) is 0 Å². The summed E-state index contributed by atoms with van der Waals surface area (Å²) in [4.78, 5) is 18.1. The van der Waals surface area contributed by atoms with Crippen LogP contribution in [0.2, 0.25) is 0 Å². The molecule has 2 heterocycles. The van der Waals surface area contributed by atoms with E-state index in [1.807, 2.05) is 30.1 Å². The van der Waals surface area contributed by atoms with Crippen LogP contribution in [0.4, 0.5) is 0 Å². The summed E-state index contributed by atoms with van der Waals surface area (Å²) < 4.78 is 0. The Bertz CT molecular complexity index is 388. The zero-order valence-corrected chi connectivity index (χ0v) is 11.6. The third kappa shape index (κ3) is 4.63. The summed E-state index contributed by atoms with van der Waals surface area (Å²) >= 11 is 0. The molecule has 2 rings (SSSR count). The number of hydrogen-bond donors (Lipinski definition) is 1. The Hall–Kier alpha value is -1.42. The Kier molecular flexibility index (Phi) is 5.33.